The predicted molar refractivity (Wildman–Crippen MR) is 108 cm³/mol. The van der Waals surface area contributed by atoms with E-state index in [4.69, 9.17) is 11.6 Å². The van der Waals surface area contributed by atoms with E-state index in [-0.39, 0.29) is 11.1 Å². The normalized spacial score (nSPS) is 11.0. The van der Waals surface area contributed by atoms with Crippen molar-refractivity contribution in [3.05, 3.63) is 79.8 Å². The minimum absolute atomic E-state index is 0.127. The molecule has 4 aromatic rings. The van der Waals surface area contributed by atoms with Crippen LogP contribution in [0.2, 0.25) is 5.02 Å². The van der Waals surface area contributed by atoms with Gasteiger partial charge in [0.05, 0.1) is 27.9 Å². The van der Waals surface area contributed by atoms with Crippen LogP contribution in [0, 0.1) is 10.1 Å². The van der Waals surface area contributed by atoms with Gasteiger partial charge in [-0.05, 0) is 30.3 Å². The molecular formula is C17H10ClN5O3S2. The number of non-ortho nitro benzene ring substituents is 1. The number of aromatic nitrogens is 4. The van der Waals surface area contributed by atoms with Crippen LogP contribution >= 0.6 is 34.7 Å². The molecule has 0 radical (unpaired) electrons. The topological polar surface area (TPSA) is 104 Å². The molecule has 0 aliphatic rings. The van der Waals surface area contributed by atoms with E-state index in [1.807, 2.05) is 12.1 Å². The number of nitro groups is 1. The summed E-state index contributed by atoms with van der Waals surface area (Å²) in [6.45, 7) is 0. The SMILES string of the molecule is O=c1nc(SCc2cn(-c3ccc(Cl)cc3)nn2)sc2ccc([N+](=O)[O-])cc12. The van der Waals surface area contributed by atoms with Crippen molar-refractivity contribution in [2.45, 2.75) is 10.1 Å². The van der Waals surface area contributed by atoms with Gasteiger partial charge in [-0.1, -0.05) is 28.6 Å². The lowest BCUT2D eigenvalue weighted by molar-refractivity contribution is -0.384. The summed E-state index contributed by atoms with van der Waals surface area (Å²) in [5.74, 6) is 0.481. The van der Waals surface area contributed by atoms with Crippen molar-refractivity contribution < 1.29 is 4.92 Å². The van der Waals surface area contributed by atoms with Crippen LogP contribution < -0.4 is 5.56 Å². The van der Waals surface area contributed by atoms with Gasteiger partial charge in [-0.2, -0.15) is 4.98 Å². The lowest BCUT2D eigenvalue weighted by atomic mass is 10.2. The Hall–Kier alpha value is -2.82. The predicted octanol–water partition coefficient (Wildman–Crippen LogP) is 4.09. The molecule has 0 N–H and O–H groups in total. The first kappa shape index (κ1) is 18.5. The van der Waals surface area contributed by atoms with E-state index < -0.39 is 10.5 Å². The molecule has 4 rings (SSSR count). The summed E-state index contributed by atoms with van der Waals surface area (Å²) in [5, 5.41) is 20.0. The maximum Gasteiger partial charge on any atom is 0.280 e. The molecule has 0 aliphatic heterocycles. The van der Waals surface area contributed by atoms with Crippen LogP contribution in [0.3, 0.4) is 0 Å². The zero-order valence-corrected chi connectivity index (χ0v) is 16.4. The molecular weight excluding hydrogens is 422 g/mol. The van der Waals surface area contributed by atoms with Crippen molar-refractivity contribution >= 4 is 50.5 Å². The number of halogens is 1. The minimum atomic E-state index is -0.532. The number of thioether (sulfide) groups is 1. The lowest BCUT2D eigenvalue weighted by Gasteiger charge is -2.00. The molecule has 140 valence electrons. The first-order valence-electron chi connectivity index (χ1n) is 7.89. The summed E-state index contributed by atoms with van der Waals surface area (Å²) >= 11 is 8.55. The van der Waals surface area contributed by atoms with E-state index in [1.165, 1.54) is 35.2 Å². The van der Waals surface area contributed by atoms with Gasteiger partial charge >= 0.3 is 0 Å². The van der Waals surface area contributed by atoms with E-state index >= 15 is 0 Å². The molecule has 0 saturated heterocycles. The van der Waals surface area contributed by atoms with Crippen molar-refractivity contribution in [3.63, 3.8) is 0 Å². The molecule has 0 amide bonds. The van der Waals surface area contributed by atoms with E-state index in [0.717, 1.165) is 11.4 Å². The summed E-state index contributed by atoms with van der Waals surface area (Å²) in [5.41, 5.74) is 0.955. The average Bonchev–Trinajstić information content (AvgIpc) is 3.15. The molecule has 0 aliphatic carbocycles. The smallest absolute Gasteiger partial charge is 0.267 e. The van der Waals surface area contributed by atoms with Crippen LogP contribution in [0.5, 0.6) is 0 Å². The third kappa shape index (κ3) is 3.88. The Bertz CT molecular complexity index is 1240. The summed E-state index contributed by atoms with van der Waals surface area (Å²) < 4.78 is 2.85. The van der Waals surface area contributed by atoms with E-state index in [0.29, 0.717) is 19.8 Å². The summed E-state index contributed by atoms with van der Waals surface area (Å²) in [4.78, 5) is 26.6. The van der Waals surface area contributed by atoms with Crippen LogP contribution in [0.15, 0.2) is 57.8 Å². The summed E-state index contributed by atoms with van der Waals surface area (Å²) in [7, 11) is 0. The number of hydrogen-bond acceptors (Lipinski definition) is 8. The number of fused-ring (bicyclic) bond motifs is 1. The van der Waals surface area contributed by atoms with Crippen LogP contribution in [-0.4, -0.2) is 24.9 Å². The standard InChI is InChI=1S/C17H10ClN5O3S2/c18-10-1-3-12(4-2-10)22-8-11(20-21-22)9-27-17-19-16(24)14-7-13(23(25)26)5-6-15(14)28-17/h1-8H,9H2. The fourth-order valence-electron chi connectivity index (χ4n) is 2.43. The Labute approximate surface area is 170 Å². The highest BCUT2D eigenvalue weighted by molar-refractivity contribution is 8.00. The maximum atomic E-state index is 12.2. The van der Waals surface area contributed by atoms with Gasteiger partial charge in [0.15, 0.2) is 4.34 Å². The van der Waals surface area contributed by atoms with Crippen molar-refractivity contribution in [1.29, 1.82) is 0 Å². The molecule has 8 nitrogen and oxygen atoms in total. The number of nitrogens with zero attached hydrogens (tertiary/aromatic N) is 5. The fraction of sp³-hybridized carbons (Fsp3) is 0.0588. The third-order valence-electron chi connectivity index (χ3n) is 3.77. The second kappa shape index (κ2) is 7.66. The molecule has 2 aromatic carbocycles. The number of hydrogen-bond donors (Lipinski definition) is 0. The van der Waals surface area contributed by atoms with Gasteiger partial charge in [0.25, 0.3) is 11.2 Å². The summed E-state index contributed by atoms with van der Waals surface area (Å²) in [6.07, 6.45) is 1.80. The molecule has 0 spiro atoms. The molecule has 0 atom stereocenters. The minimum Gasteiger partial charge on any atom is -0.267 e. The highest BCUT2D eigenvalue weighted by Crippen LogP contribution is 2.29. The highest BCUT2D eigenvalue weighted by atomic mass is 35.5. The molecule has 0 saturated carbocycles. The van der Waals surface area contributed by atoms with Gasteiger partial charge in [0.2, 0.25) is 0 Å². The van der Waals surface area contributed by atoms with Gasteiger partial charge in [-0.3, -0.25) is 14.9 Å². The Morgan fingerprint density at radius 1 is 1.21 bits per heavy atom. The average molecular weight is 432 g/mol. The molecule has 28 heavy (non-hydrogen) atoms. The molecule has 2 heterocycles. The van der Waals surface area contributed by atoms with Crippen LogP contribution in [-0.2, 0) is 5.75 Å². The van der Waals surface area contributed by atoms with Crippen molar-refractivity contribution in [1.82, 2.24) is 20.0 Å². The van der Waals surface area contributed by atoms with E-state index in [2.05, 4.69) is 15.3 Å². The molecule has 0 bridgehead atoms. The molecule has 11 heteroatoms. The number of nitro benzene ring substituents is 1. The largest absolute Gasteiger partial charge is 0.280 e. The monoisotopic (exact) mass is 431 g/mol. The van der Waals surface area contributed by atoms with Gasteiger partial charge in [-0.15, -0.1) is 16.4 Å². The first-order valence-corrected chi connectivity index (χ1v) is 10.1. The molecule has 0 fully saturated rings. The second-order valence-electron chi connectivity index (χ2n) is 5.64. The lowest BCUT2D eigenvalue weighted by Crippen LogP contribution is -2.06. The Morgan fingerprint density at radius 3 is 2.75 bits per heavy atom. The zero-order valence-electron chi connectivity index (χ0n) is 14.0. The zero-order chi connectivity index (χ0) is 19.7. The Kier molecular flexibility index (Phi) is 5.07. The van der Waals surface area contributed by atoms with Gasteiger partial charge in [0, 0.05) is 27.6 Å². The van der Waals surface area contributed by atoms with Crippen LogP contribution in [0.1, 0.15) is 5.69 Å². The van der Waals surface area contributed by atoms with Crippen molar-refractivity contribution in [3.8, 4) is 5.69 Å². The maximum absolute atomic E-state index is 12.2. The second-order valence-corrected chi connectivity index (χ2v) is 8.33. The van der Waals surface area contributed by atoms with Crippen LogP contribution in [0.25, 0.3) is 15.8 Å². The van der Waals surface area contributed by atoms with Crippen molar-refractivity contribution in [2.24, 2.45) is 0 Å². The third-order valence-corrected chi connectivity index (χ3v) is 6.25. The first-order chi connectivity index (χ1) is 13.5. The Morgan fingerprint density at radius 2 is 2.00 bits per heavy atom. The van der Waals surface area contributed by atoms with Gasteiger partial charge < -0.3 is 0 Å². The van der Waals surface area contributed by atoms with E-state index in [1.54, 1.807) is 29.1 Å². The fourth-order valence-corrected chi connectivity index (χ4v) is 4.50. The molecule has 2 aromatic heterocycles. The quantitative estimate of drug-likeness (QED) is 0.266. The number of benzene rings is 2. The molecule has 0 unspecified atom stereocenters. The van der Waals surface area contributed by atoms with Crippen molar-refractivity contribution in [2.75, 3.05) is 0 Å². The summed E-state index contributed by atoms with van der Waals surface area (Å²) in [6, 6.07) is 11.4. The van der Waals surface area contributed by atoms with E-state index in [9.17, 15) is 14.9 Å². The number of rotatable bonds is 5. The van der Waals surface area contributed by atoms with Crippen LogP contribution in [0.4, 0.5) is 5.69 Å². The Balaban J connectivity index is 1.53. The highest BCUT2D eigenvalue weighted by Gasteiger charge is 2.12. The van der Waals surface area contributed by atoms with Gasteiger partial charge in [0.1, 0.15) is 0 Å². The van der Waals surface area contributed by atoms with Gasteiger partial charge in [-0.25, -0.2) is 4.68 Å².